The molecule has 3 rings (SSSR count). The summed E-state index contributed by atoms with van der Waals surface area (Å²) in [6.45, 7) is 1.84. The number of anilines is 1. The lowest BCUT2D eigenvalue weighted by Gasteiger charge is -2.30. The molecule has 0 atom stereocenters. The molecule has 0 spiro atoms. The first-order valence-electron chi connectivity index (χ1n) is 7.32. The summed E-state index contributed by atoms with van der Waals surface area (Å²) in [5.41, 5.74) is 1.98. The fourth-order valence-corrected chi connectivity index (χ4v) is 4.57. The molecule has 1 aliphatic heterocycles. The summed E-state index contributed by atoms with van der Waals surface area (Å²) in [6.07, 6.45) is 1.54. The fourth-order valence-electron chi connectivity index (χ4n) is 2.78. The SMILES string of the molecule is CC(=O)c1cccc(S(=O)(=O)N2CCCc3cc(Cl)ccc32)c1. The Hall–Kier alpha value is -1.85. The summed E-state index contributed by atoms with van der Waals surface area (Å²) in [7, 11) is -3.71. The monoisotopic (exact) mass is 349 g/mol. The van der Waals surface area contributed by atoms with Crippen LogP contribution in [0.1, 0.15) is 29.3 Å². The molecule has 23 heavy (non-hydrogen) atoms. The first-order chi connectivity index (χ1) is 10.9. The molecule has 120 valence electrons. The van der Waals surface area contributed by atoms with Crippen LogP contribution in [0.15, 0.2) is 47.4 Å². The third-order valence-corrected chi connectivity index (χ3v) is 5.99. The van der Waals surface area contributed by atoms with Gasteiger partial charge in [0.1, 0.15) is 0 Å². The van der Waals surface area contributed by atoms with Crippen molar-refractivity contribution in [1.29, 1.82) is 0 Å². The van der Waals surface area contributed by atoms with Gasteiger partial charge in [0.15, 0.2) is 5.78 Å². The number of ketones is 1. The highest BCUT2D eigenvalue weighted by atomic mass is 35.5. The van der Waals surface area contributed by atoms with E-state index in [4.69, 9.17) is 11.6 Å². The Bertz CT molecular complexity index is 877. The second-order valence-electron chi connectivity index (χ2n) is 5.54. The van der Waals surface area contributed by atoms with Gasteiger partial charge in [-0.05, 0) is 55.7 Å². The van der Waals surface area contributed by atoms with Crippen LogP contribution in [-0.2, 0) is 16.4 Å². The Morgan fingerprint density at radius 3 is 2.70 bits per heavy atom. The number of hydrogen-bond donors (Lipinski definition) is 0. The van der Waals surface area contributed by atoms with E-state index in [1.807, 2.05) is 6.07 Å². The van der Waals surface area contributed by atoms with Gasteiger partial charge in [0.25, 0.3) is 10.0 Å². The Kier molecular flexibility index (Phi) is 4.17. The maximum atomic E-state index is 13.0. The highest BCUT2D eigenvalue weighted by Gasteiger charge is 2.29. The van der Waals surface area contributed by atoms with Crippen LogP contribution in [0, 0.1) is 0 Å². The first-order valence-corrected chi connectivity index (χ1v) is 9.13. The number of Topliss-reactive ketones (excluding diaryl/α,β-unsaturated/α-hetero) is 1. The summed E-state index contributed by atoms with van der Waals surface area (Å²) in [5.74, 6) is -0.159. The lowest BCUT2D eigenvalue weighted by molar-refractivity contribution is 0.101. The van der Waals surface area contributed by atoms with Crippen LogP contribution in [0.3, 0.4) is 0 Å². The molecule has 1 heterocycles. The molecule has 2 aromatic carbocycles. The van der Waals surface area contributed by atoms with Gasteiger partial charge < -0.3 is 0 Å². The molecule has 4 nitrogen and oxygen atoms in total. The van der Waals surface area contributed by atoms with Gasteiger partial charge in [0.2, 0.25) is 0 Å². The largest absolute Gasteiger partial charge is 0.295 e. The lowest BCUT2D eigenvalue weighted by Crippen LogP contribution is -2.35. The van der Waals surface area contributed by atoms with E-state index in [0.717, 1.165) is 18.4 Å². The van der Waals surface area contributed by atoms with Crippen molar-refractivity contribution in [2.75, 3.05) is 10.8 Å². The molecule has 2 aromatic rings. The lowest BCUT2D eigenvalue weighted by atomic mass is 10.0. The van der Waals surface area contributed by atoms with Crippen molar-refractivity contribution < 1.29 is 13.2 Å². The molecule has 0 fully saturated rings. The van der Waals surface area contributed by atoms with Gasteiger partial charge in [-0.3, -0.25) is 9.10 Å². The Morgan fingerprint density at radius 1 is 1.17 bits per heavy atom. The number of carbonyl (C=O) groups excluding carboxylic acids is 1. The molecule has 6 heteroatoms. The van der Waals surface area contributed by atoms with Crippen LogP contribution in [0.25, 0.3) is 0 Å². The summed E-state index contributed by atoms with van der Waals surface area (Å²) in [6, 6.07) is 11.4. The predicted octanol–water partition coefficient (Wildman–Crippen LogP) is 3.68. The van der Waals surface area contributed by atoms with Crippen molar-refractivity contribution >= 4 is 33.1 Å². The number of sulfonamides is 1. The zero-order valence-corrected chi connectivity index (χ0v) is 14.2. The number of halogens is 1. The van der Waals surface area contributed by atoms with Gasteiger partial charge in [0, 0.05) is 17.1 Å². The van der Waals surface area contributed by atoms with Gasteiger partial charge in [-0.2, -0.15) is 0 Å². The van der Waals surface area contributed by atoms with Crippen molar-refractivity contribution in [2.24, 2.45) is 0 Å². The zero-order chi connectivity index (χ0) is 16.6. The van der Waals surface area contributed by atoms with E-state index in [0.29, 0.717) is 22.8 Å². The number of hydrogen-bond acceptors (Lipinski definition) is 3. The van der Waals surface area contributed by atoms with Crippen LogP contribution in [0.4, 0.5) is 5.69 Å². The molecule has 1 aliphatic rings. The van der Waals surface area contributed by atoms with Crippen LogP contribution in [0.5, 0.6) is 0 Å². The molecule has 0 aliphatic carbocycles. The highest BCUT2D eigenvalue weighted by molar-refractivity contribution is 7.92. The molecule has 0 saturated carbocycles. The number of aryl methyl sites for hydroxylation is 1. The van der Waals surface area contributed by atoms with E-state index in [9.17, 15) is 13.2 Å². The number of nitrogens with zero attached hydrogens (tertiary/aromatic N) is 1. The van der Waals surface area contributed by atoms with E-state index in [2.05, 4.69) is 0 Å². The minimum Gasteiger partial charge on any atom is -0.295 e. The molecule has 0 radical (unpaired) electrons. The van der Waals surface area contributed by atoms with Crippen molar-refractivity contribution in [1.82, 2.24) is 0 Å². The van der Waals surface area contributed by atoms with E-state index in [1.54, 1.807) is 24.3 Å². The van der Waals surface area contributed by atoms with Crippen LogP contribution >= 0.6 is 11.6 Å². The van der Waals surface area contributed by atoms with Gasteiger partial charge >= 0.3 is 0 Å². The summed E-state index contributed by atoms with van der Waals surface area (Å²) < 4.78 is 27.4. The summed E-state index contributed by atoms with van der Waals surface area (Å²) >= 11 is 6.01. The highest BCUT2D eigenvalue weighted by Crippen LogP contribution is 2.33. The quantitative estimate of drug-likeness (QED) is 0.794. The standard InChI is InChI=1S/C17H16ClNO3S/c1-12(20)13-4-2-6-16(11-13)23(21,22)19-9-3-5-14-10-15(18)7-8-17(14)19/h2,4,6-8,10-11H,3,5,9H2,1H3. The smallest absolute Gasteiger partial charge is 0.264 e. The Labute approximate surface area is 140 Å². The van der Waals surface area contributed by atoms with Crippen LogP contribution < -0.4 is 4.31 Å². The van der Waals surface area contributed by atoms with Gasteiger partial charge in [-0.1, -0.05) is 23.7 Å². The van der Waals surface area contributed by atoms with Crippen LogP contribution in [-0.4, -0.2) is 20.7 Å². The maximum absolute atomic E-state index is 13.0. The fraction of sp³-hybridized carbons (Fsp3) is 0.235. The van der Waals surface area contributed by atoms with Gasteiger partial charge in [0.05, 0.1) is 10.6 Å². The summed E-state index contributed by atoms with van der Waals surface area (Å²) in [5, 5.41) is 0.599. The zero-order valence-electron chi connectivity index (χ0n) is 12.6. The number of fused-ring (bicyclic) bond motifs is 1. The normalized spacial score (nSPS) is 14.4. The second kappa shape index (κ2) is 5.98. The Balaban J connectivity index is 2.08. The minimum atomic E-state index is -3.71. The minimum absolute atomic E-state index is 0.132. The average molecular weight is 350 g/mol. The number of carbonyl (C=O) groups is 1. The Morgan fingerprint density at radius 2 is 1.96 bits per heavy atom. The van der Waals surface area contributed by atoms with Gasteiger partial charge in [-0.15, -0.1) is 0 Å². The second-order valence-corrected chi connectivity index (χ2v) is 7.84. The van der Waals surface area contributed by atoms with E-state index in [1.165, 1.54) is 23.4 Å². The molecule has 0 N–H and O–H groups in total. The van der Waals surface area contributed by atoms with Crippen LogP contribution in [0.2, 0.25) is 5.02 Å². The number of benzene rings is 2. The van der Waals surface area contributed by atoms with Crippen molar-refractivity contribution in [3.05, 3.63) is 58.6 Å². The van der Waals surface area contributed by atoms with Gasteiger partial charge in [-0.25, -0.2) is 8.42 Å². The van der Waals surface area contributed by atoms with E-state index < -0.39 is 10.0 Å². The average Bonchev–Trinajstić information content (AvgIpc) is 2.54. The third-order valence-electron chi connectivity index (χ3n) is 3.95. The first kappa shape index (κ1) is 16.0. The van der Waals surface area contributed by atoms with Crippen molar-refractivity contribution in [3.8, 4) is 0 Å². The summed E-state index contributed by atoms with van der Waals surface area (Å²) in [4.78, 5) is 11.6. The third kappa shape index (κ3) is 2.99. The van der Waals surface area contributed by atoms with E-state index in [-0.39, 0.29) is 10.7 Å². The van der Waals surface area contributed by atoms with Crippen molar-refractivity contribution in [2.45, 2.75) is 24.7 Å². The van der Waals surface area contributed by atoms with E-state index >= 15 is 0 Å². The maximum Gasteiger partial charge on any atom is 0.264 e. The molecule has 0 amide bonds. The molecule has 0 bridgehead atoms. The van der Waals surface area contributed by atoms with Crippen molar-refractivity contribution in [3.63, 3.8) is 0 Å². The molecule has 0 saturated heterocycles. The molecular weight excluding hydrogens is 334 g/mol. The predicted molar refractivity (Wildman–Crippen MR) is 90.8 cm³/mol. The molecule has 0 aromatic heterocycles. The molecular formula is C17H16ClNO3S. The molecule has 0 unspecified atom stereocenters. The number of rotatable bonds is 3. The topological polar surface area (TPSA) is 54.5 Å².